The van der Waals surface area contributed by atoms with Gasteiger partial charge in [-0.25, -0.2) is 9.59 Å². The third-order valence-electron chi connectivity index (χ3n) is 1.90. The molecule has 1 aromatic carbocycles. The number of carbonyl (C=O) groups is 2. The maximum absolute atomic E-state index is 11.4. The van der Waals surface area contributed by atoms with Gasteiger partial charge in [0, 0.05) is 0 Å². The highest BCUT2D eigenvalue weighted by Crippen LogP contribution is 2.33. The van der Waals surface area contributed by atoms with Crippen LogP contribution in [0.25, 0.3) is 0 Å². The van der Waals surface area contributed by atoms with Gasteiger partial charge in [0.15, 0.2) is 0 Å². The first-order valence-corrected chi connectivity index (χ1v) is 5.77. The minimum absolute atomic E-state index is 0.0442. The van der Waals surface area contributed by atoms with Gasteiger partial charge in [0.1, 0.15) is 0 Å². The molecule has 0 bridgehead atoms. The number of benzene rings is 1. The number of carboxylic acid groups (broad SMARTS) is 1. The van der Waals surface area contributed by atoms with E-state index in [1.165, 1.54) is 12.1 Å². The van der Waals surface area contributed by atoms with Gasteiger partial charge in [-0.1, -0.05) is 23.2 Å². The number of carbonyl (C=O) groups excluding carboxylic acids is 1. The summed E-state index contributed by atoms with van der Waals surface area (Å²) in [7, 11) is 0. The van der Waals surface area contributed by atoms with E-state index in [4.69, 9.17) is 33.0 Å². The number of rotatable bonds is 3. The molecule has 0 aliphatic rings. The maximum Gasteiger partial charge on any atom is 0.411 e. The van der Waals surface area contributed by atoms with Gasteiger partial charge in [-0.15, -0.1) is 0 Å². The first kappa shape index (κ1) is 14.6. The summed E-state index contributed by atoms with van der Waals surface area (Å²) in [4.78, 5) is 22.4. The minimum atomic E-state index is -1.23. The summed E-state index contributed by atoms with van der Waals surface area (Å²) in [6, 6.07) is 2.59. The topological polar surface area (TPSA) is 75.6 Å². The van der Waals surface area contributed by atoms with Gasteiger partial charge in [0.05, 0.1) is 27.4 Å². The van der Waals surface area contributed by atoms with Crippen LogP contribution in [-0.4, -0.2) is 23.3 Å². The molecule has 0 heterocycles. The van der Waals surface area contributed by atoms with E-state index >= 15 is 0 Å². The van der Waals surface area contributed by atoms with Crippen molar-refractivity contribution in [3.8, 4) is 0 Å². The van der Waals surface area contributed by atoms with Gasteiger partial charge in [0.25, 0.3) is 0 Å². The van der Waals surface area contributed by atoms with E-state index in [0.717, 1.165) is 0 Å². The fourth-order valence-corrected chi connectivity index (χ4v) is 1.57. The largest absolute Gasteiger partial charge is 0.478 e. The molecule has 1 amide bonds. The zero-order valence-electron chi connectivity index (χ0n) is 9.66. The summed E-state index contributed by atoms with van der Waals surface area (Å²) >= 11 is 11.6. The van der Waals surface area contributed by atoms with Crippen LogP contribution in [0.15, 0.2) is 12.1 Å². The first-order chi connectivity index (χ1) is 8.32. The highest BCUT2D eigenvalue weighted by molar-refractivity contribution is 6.44. The molecule has 0 aliphatic heterocycles. The molecule has 0 spiro atoms. The molecule has 1 aromatic rings. The van der Waals surface area contributed by atoms with E-state index in [1.807, 2.05) is 0 Å². The van der Waals surface area contributed by atoms with Crippen LogP contribution in [0.3, 0.4) is 0 Å². The molecule has 0 unspecified atom stereocenters. The normalized spacial score (nSPS) is 10.3. The number of hydrogen-bond donors (Lipinski definition) is 2. The van der Waals surface area contributed by atoms with Crippen molar-refractivity contribution in [3.63, 3.8) is 0 Å². The Kier molecular flexibility index (Phi) is 4.81. The van der Waals surface area contributed by atoms with Crippen LogP contribution in [0, 0.1) is 0 Å². The van der Waals surface area contributed by atoms with Crippen molar-refractivity contribution in [1.82, 2.24) is 0 Å². The van der Waals surface area contributed by atoms with Gasteiger partial charge in [0.2, 0.25) is 0 Å². The lowest BCUT2D eigenvalue weighted by molar-refractivity contribution is 0.0698. The van der Waals surface area contributed by atoms with Crippen molar-refractivity contribution in [2.75, 3.05) is 5.32 Å². The minimum Gasteiger partial charge on any atom is -0.478 e. The van der Waals surface area contributed by atoms with E-state index in [0.29, 0.717) is 0 Å². The quantitative estimate of drug-likeness (QED) is 0.891. The summed E-state index contributed by atoms with van der Waals surface area (Å²) in [5, 5.41) is 11.4. The van der Waals surface area contributed by atoms with Crippen molar-refractivity contribution in [2.24, 2.45) is 0 Å². The zero-order chi connectivity index (χ0) is 13.9. The Balaban J connectivity index is 3.09. The van der Waals surface area contributed by atoms with Crippen LogP contribution in [0.4, 0.5) is 10.5 Å². The second-order valence-electron chi connectivity index (χ2n) is 3.67. The predicted molar refractivity (Wildman–Crippen MR) is 68.7 cm³/mol. The summed E-state index contributed by atoms with van der Waals surface area (Å²) in [6.07, 6.45) is -1.13. The van der Waals surface area contributed by atoms with Crippen LogP contribution in [0.5, 0.6) is 0 Å². The average Bonchev–Trinajstić information content (AvgIpc) is 2.23. The first-order valence-electron chi connectivity index (χ1n) is 5.02. The molecule has 0 saturated heterocycles. The lowest BCUT2D eigenvalue weighted by Crippen LogP contribution is -2.20. The van der Waals surface area contributed by atoms with E-state index in [9.17, 15) is 9.59 Å². The molecule has 98 valence electrons. The van der Waals surface area contributed by atoms with Crippen molar-refractivity contribution >= 4 is 41.0 Å². The molecule has 18 heavy (non-hydrogen) atoms. The fraction of sp³-hybridized carbons (Fsp3) is 0.273. The number of amides is 1. The molecule has 7 heteroatoms. The SMILES string of the molecule is CC(C)OC(=O)Nc1c(C(=O)O)ccc(Cl)c1Cl. The molecule has 0 atom stereocenters. The highest BCUT2D eigenvalue weighted by atomic mass is 35.5. The molecular formula is C11H11Cl2NO4. The van der Waals surface area contributed by atoms with Gasteiger partial charge in [-0.05, 0) is 26.0 Å². The number of ether oxygens (including phenoxy) is 1. The molecule has 1 rings (SSSR count). The Morgan fingerprint density at radius 3 is 2.44 bits per heavy atom. The van der Waals surface area contributed by atoms with Gasteiger partial charge < -0.3 is 9.84 Å². The third-order valence-corrected chi connectivity index (χ3v) is 2.70. The van der Waals surface area contributed by atoms with Crippen molar-refractivity contribution in [1.29, 1.82) is 0 Å². The summed E-state index contributed by atoms with van der Waals surface area (Å²) in [6.45, 7) is 3.33. The van der Waals surface area contributed by atoms with E-state index in [-0.39, 0.29) is 27.4 Å². The second kappa shape index (κ2) is 5.93. The average molecular weight is 292 g/mol. The second-order valence-corrected chi connectivity index (χ2v) is 4.45. The Labute approximate surface area is 114 Å². The summed E-state index contributed by atoms with van der Waals surface area (Å²) in [5.74, 6) is -1.23. The molecule has 0 radical (unpaired) electrons. The summed E-state index contributed by atoms with van der Waals surface area (Å²) < 4.78 is 4.84. The summed E-state index contributed by atoms with van der Waals surface area (Å²) in [5.41, 5.74) is -0.243. The Bertz CT molecular complexity index is 488. The van der Waals surface area contributed by atoms with E-state index in [2.05, 4.69) is 5.32 Å². The Morgan fingerprint density at radius 2 is 1.94 bits per heavy atom. The van der Waals surface area contributed by atoms with Crippen LogP contribution in [-0.2, 0) is 4.74 Å². The number of halogens is 2. The zero-order valence-corrected chi connectivity index (χ0v) is 11.2. The van der Waals surface area contributed by atoms with Crippen molar-refractivity contribution in [3.05, 3.63) is 27.7 Å². The lowest BCUT2D eigenvalue weighted by atomic mass is 10.2. The molecule has 0 fully saturated rings. The van der Waals surface area contributed by atoms with Crippen molar-refractivity contribution in [2.45, 2.75) is 20.0 Å². The van der Waals surface area contributed by atoms with Gasteiger partial charge in [-0.2, -0.15) is 0 Å². The predicted octanol–water partition coefficient (Wildman–Crippen LogP) is 3.65. The Morgan fingerprint density at radius 1 is 1.33 bits per heavy atom. The van der Waals surface area contributed by atoms with Crippen LogP contribution >= 0.6 is 23.2 Å². The maximum atomic E-state index is 11.4. The molecular weight excluding hydrogens is 281 g/mol. The standard InChI is InChI=1S/C11H11Cl2NO4/c1-5(2)18-11(17)14-9-6(10(15)16)3-4-7(12)8(9)13/h3-5H,1-2H3,(H,14,17)(H,15,16). The van der Waals surface area contributed by atoms with E-state index < -0.39 is 12.1 Å². The number of aromatic carboxylic acids is 1. The van der Waals surface area contributed by atoms with Crippen LogP contribution < -0.4 is 5.32 Å². The number of nitrogens with one attached hydrogen (secondary N) is 1. The molecule has 0 saturated carbocycles. The number of carboxylic acids is 1. The highest BCUT2D eigenvalue weighted by Gasteiger charge is 2.18. The van der Waals surface area contributed by atoms with Gasteiger partial charge >= 0.3 is 12.1 Å². The fourth-order valence-electron chi connectivity index (χ4n) is 1.20. The molecule has 2 N–H and O–H groups in total. The monoisotopic (exact) mass is 291 g/mol. The molecule has 0 aromatic heterocycles. The van der Waals surface area contributed by atoms with E-state index in [1.54, 1.807) is 13.8 Å². The number of hydrogen-bond acceptors (Lipinski definition) is 3. The van der Waals surface area contributed by atoms with Crippen LogP contribution in [0.2, 0.25) is 10.0 Å². The third kappa shape index (κ3) is 3.51. The Hall–Kier alpha value is -1.46. The van der Waals surface area contributed by atoms with Crippen molar-refractivity contribution < 1.29 is 19.4 Å². The smallest absolute Gasteiger partial charge is 0.411 e. The lowest BCUT2D eigenvalue weighted by Gasteiger charge is -2.13. The number of anilines is 1. The van der Waals surface area contributed by atoms with Gasteiger partial charge in [-0.3, -0.25) is 5.32 Å². The molecule has 5 nitrogen and oxygen atoms in total. The molecule has 0 aliphatic carbocycles. The van der Waals surface area contributed by atoms with Crippen LogP contribution in [0.1, 0.15) is 24.2 Å².